The van der Waals surface area contributed by atoms with Gasteiger partial charge in [-0.3, -0.25) is 4.79 Å². The Balaban J connectivity index is 3.12. The van der Waals surface area contributed by atoms with E-state index >= 15 is 0 Å². The normalized spacial score (nSPS) is 13.5. The molecule has 1 aromatic rings. The second kappa shape index (κ2) is 7.45. The van der Waals surface area contributed by atoms with Crippen molar-refractivity contribution >= 4 is 11.9 Å². The number of carbonyl (C=O) groups excluding carboxylic acids is 2. The van der Waals surface area contributed by atoms with Crippen LogP contribution in [-0.2, 0) is 15.5 Å². The molecule has 1 atom stereocenters. The molecule has 140 valence electrons. The summed E-state index contributed by atoms with van der Waals surface area (Å²) in [7, 11) is 0. The van der Waals surface area contributed by atoms with Crippen LogP contribution in [0.25, 0.3) is 0 Å². The minimum atomic E-state index is -3.94. The Bertz CT molecular complexity index is 651. The number of ketones is 1. The highest BCUT2D eigenvalue weighted by atomic mass is 19.3. The Labute approximate surface area is 145 Å². The number of alkyl carbamates (subject to hydrolysis) is 1. The van der Waals surface area contributed by atoms with Crippen LogP contribution in [0.3, 0.4) is 0 Å². The van der Waals surface area contributed by atoms with E-state index in [1.807, 2.05) is 0 Å². The van der Waals surface area contributed by atoms with E-state index in [1.54, 1.807) is 20.8 Å². The number of rotatable bonds is 5. The first-order valence-electron chi connectivity index (χ1n) is 7.98. The van der Waals surface area contributed by atoms with Crippen molar-refractivity contribution in [2.45, 2.75) is 59.1 Å². The minimum Gasteiger partial charge on any atom is -0.444 e. The first-order valence-corrected chi connectivity index (χ1v) is 7.98. The Hall–Kier alpha value is -2.05. The SMILES string of the molecule is CC(C)C(=O)C(F)(F)c1cccc([C@@H](C)NC(=O)OC(C)(C)C)c1F. The highest BCUT2D eigenvalue weighted by molar-refractivity contribution is 5.88. The van der Waals surface area contributed by atoms with Gasteiger partial charge in [0.2, 0.25) is 5.78 Å². The molecule has 0 heterocycles. The van der Waals surface area contributed by atoms with E-state index in [1.165, 1.54) is 32.9 Å². The van der Waals surface area contributed by atoms with Crippen LogP contribution < -0.4 is 5.32 Å². The molecule has 0 saturated carbocycles. The first kappa shape index (κ1) is 21.0. The van der Waals surface area contributed by atoms with Gasteiger partial charge in [-0.1, -0.05) is 26.0 Å². The molecule has 25 heavy (non-hydrogen) atoms. The lowest BCUT2D eigenvalue weighted by atomic mass is 9.93. The molecule has 0 spiro atoms. The fraction of sp³-hybridized carbons (Fsp3) is 0.556. The molecule has 1 amide bonds. The monoisotopic (exact) mass is 359 g/mol. The maximum atomic E-state index is 14.6. The summed E-state index contributed by atoms with van der Waals surface area (Å²) in [5.41, 5.74) is -1.90. The predicted molar refractivity (Wildman–Crippen MR) is 87.9 cm³/mol. The molecule has 7 heteroatoms. The maximum absolute atomic E-state index is 14.6. The summed E-state index contributed by atoms with van der Waals surface area (Å²) in [6.07, 6.45) is -0.796. The van der Waals surface area contributed by atoms with E-state index in [0.717, 1.165) is 6.07 Å². The lowest BCUT2D eigenvalue weighted by molar-refractivity contribution is -0.148. The van der Waals surface area contributed by atoms with Gasteiger partial charge in [-0.05, 0) is 33.8 Å². The number of Topliss-reactive ketones (excluding diaryl/α,β-unsaturated/α-hetero) is 1. The molecular weight excluding hydrogens is 335 g/mol. The summed E-state index contributed by atoms with van der Waals surface area (Å²) < 4.78 is 48.2. The fourth-order valence-electron chi connectivity index (χ4n) is 2.18. The zero-order chi connectivity index (χ0) is 19.6. The third-order valence-corrected chi connectivity index (χ3v) is 3.40. The molecule has 1 aromatic carbocycles. The molecule has 0 saturated heterocycles. The molecule has 4 nitrogen and oxygen atoms in total. The molecule has 0 unspecified atom stereocenters. The molecular formula is C18H24F3NO3. The van der Waals surface area contributed by atoms with Crippen LogP contribution in [0, 0.1) is 11.7 Å². The average molecular weight is 359 g/mol. The Morgan fingerprint density at radius 1 is 1.12 bits per heavy atom. The highest BCUT2D eigenvalue weighted by Crippen LogP contribution is 2.35. The number of carbonyl (C=O) groups is 2. The second-order valence-electron chi connectivity index (χ2n) is 7.17. The number of hydrogen-bond acceptors (Lipinski definition) is 3. The van der Waals surface area contributed by atoms with Crippen LogP contribution >= 0.6 is 0 Å². The molecule has 0 aliphatic rings. The van der Waals surface area contributed by atoms with Gasteiger partial charge in [0, 0.05) is 11.5 Å². The molecule has 0 radical (unpaired) electrons. The van der Waals surface area contributed by atoms with Gasteiger partial charge in [-0.25, -0.2) is 9.18 Å². The molecule has 0 aliphatic heterocycles. The highest BCUT2D eigenvalue weighted by Gasteiger charge is 2.44. The quantitative estimate of drug-likeness (QED) is 0.827. The topological polar surface area (TPSA) is 55.4 Å². The van der Waals surface area contributed by atoms with Gasteiger partial charge >= 0.3 is 12.0 Å². The van der Waals surface area contributed by atoms with Crippen LogP contribution in [-0.4, -0.2) is 17.5 Å². The summed E-state index contributed by atoms with van der Waals surface area (Å²) in [4.78, 5) is 23.5. The van der Waals surface area contributed by atoms with Crippen LogP contribution in [0.4, 0.5) is 18.0 Å². The van der Waals surface area contributed by atoms with Gasteiger partial charge < -0.3 is 10.1 Å². The van der Waals surface area contributed by atoms with Crippen molar-refractivity contribution in [3.05, 3.63) is 35.1 Å². The molecule has 0 bridgehead atoms. The maximum Gasteiger partial charge on any atom is 0.408 e. The smallest absolute Gasteiger partial charge is 0.408 e. The van der Waals surface area contributed by atoms with Crippen LogP contribution in [0.1, 0.15) is 58.7 Å². The average Bonchev–Trinajstić information content (AvgIpc) is 2.43. The number of nitrogens with one attached hydrogen (secondary N) is 1. The van der Waals surface area contributed by atoms with Crippen molar-refractivity contribution in [1.29, 1.82) is 0 Å². The van der Waals surface area contributed by atoms with Gasteiger partial charge in [0.15, 0.2) is 0 Å². The Morgan fingerprint density at radius 2 is 1.68 bits per heavy atom. The van der Waals surface area contributed by atoms with E-state index in [9.17, 15) is 22.8 Å². The van der Waals surface area contributed by atoms with Crippen molar-refractivity contribution < 1.29 is 27.5 Å². The summed E-state index contributed by atoms with van der Waals surface area (Å²) >= 11 is 0. The van der Waals surface area contributed by atoms with Gasteiger partial charge in [0.25, 0.3) is 0 Å². The van der Waals surface area contributed by atoms with Crippen molar-refractivity contribution in [3.63, 3.8) is 0 Å². The number of halogens is 3. The van der Waals surface area contributed by atoms with Crippen LogP contribution in [0.2, 0.25) is 0 Å². The molecule has 1 N–H and O–H groups in total. The van der Waals surface area contributed by atoms with E-state index in [0.29, 0.717) is 0 Å². The van der Waals surface area contributed by atoms with E-state index < -0.39 is 46.7 Å². The molecule has 0 aliphatic carbocycles. The minimum absolute atomic E-state index is 0.153. The van der Waals surface area contributed by atoms with E-state index in [2.05, 4.69) is 5.32 Å². The summed E-state index contributed by atoms with van der Waals surface area (Å²) in [5, 5.41) is 2.39. The standard InChI is InChI=1S/C18H24F3NO3/c1-10(2)15(23)18(20,21)13-9-7-8-12(14(13)19)11(3)22-16(24)25-17(4,5)6/h7-11H,1-6H3,(H,22,24)/t11-/m1/s1. The summed E-state index contributed by atoms with van der Waals surface area (Å²) in [6, 6.07) is 2.46. The predicted octanol–water partition coefficient (Wildman–Crippen LogP) is 4.73. The largest absolute Gasteiger partial charge is 0.444 e. The molecule has 1 rings (SSSR count). The van der Waals surface area contributed by atoms with E-state index in [-0.39, 0.29) is 5.56 Å². The third-order valence-electron chi connectivity index (χ3n) is 3.40. The number of ether oxygens (including phenoxy) is 1. The van der Waals surface area contributed by atoms with Gasteiger partial charge in [-0.15, -0.1) is 0 Å². The zero-order valence-corrected chi connectivity index (χ0v) is 15.2. The number of benzene rings is 1. The number of amides is 1. The van der Waals surface area contributed by atoms with Crippen molar-refractivity contribution in [2.75, 3.05) is 0 Å². The molecule has 0 aromatic heterocycles. The number of hydrogen-bond donors (Lipinski definition) is 1. The van der Waals surface area contributed by atoms with Gasteiger partial charge in [0.05, 0.1) is 11.6 Å². The summed E-state index contributed by atoms with van der Waals surface area (Å²) in [6.45, 7) is 9.08. The van der Waals surface area contributed by atoms with Crippen molar-refractivity contribution in [3.8, 4) is 0 Å². The second-order valence-corrected chi connectivity index (χ2v) is 7.17. The van der Waals surface area contributed by atoms with Gasteiger partial charge in [-0.2, -0.15) is 8.78 Å². The summed E-state index contributed by atoms with van der Waals surface area (Å²) in [5.74, 6) is -7.48. The third kappa shape index (κ3) is 5.21. The van der Waals surface area contributed by atoms with Crippen molar-refractivity contribution in [2.24, 2.45) is 5.92 Å². The van der Waals surface area contributed by atoms with Gasteiger partial charge in [0.1, 0.15) is 11.4 Å². The van der Waals surface area contributed by atoms with Crippen molar-refractivity contribution in [1.82, 2.24) is 5.32 Å². The Kier molecular flexibility index (Phi) is 6.26. The van der Waals surface area contributed by atoms with Crippen LogP contribution in [0.15, 0.2) is 18.2 Å². The lowest BCUT2D eigenvalue weighted by Crippen LogP contribution is -2.35. The lowest BCUT2D eigenvalue weighted by Gasteiger charge is -2.23. The first-order chi connectivity index (χ1) is 11.3. The molecule has 0 fully saturated rings. The van der Waals surface area contributed by atoms with E-state index in [4.69, 9.17) is 4.74 Å². The Morgan fingerprint density at radius 3 is 2.16 bits per heavy atom. The fourth-order valence-corrected chi connectivity index (χ4v) is 2.18. The van der Waals surface area contributed by atoms with Crippen LogP contribution in [0.5, 0.6) is 0 Å². The zero-order valence-electron chi connectivity index (χ0n) is 15.2. The number of alkyl halides is 2.